The minimum Gasteiger partial charge on any atom is -0.352 e. The summed E-state index contributed by atoms with van der Waals surface area (Å²) in [5, 5.41) is 3.63. The van der Waals surface area contributed by atoms with Crippen molar-refractivity contribution in [1.29, 1.82) is 0 Å². The van der Waals surface area contributed by atoms with E-state index in [0.717, 1.165) is 21.0 Å². The highest BCUT2D eigenvalue weighted by Crippen LogP contribution is 2.31. The maximum Gasteiger partial charge on any atom is 0.264 e. The van der Waals surface area contributed by atoms with E-state index >= 15 is 0 Å². The molecular formula is C34H35Cl2N3O4S. The lowest BCUT2D eigenvalue weighted by Gasteiger charge is -2.34. The van der Waals surface area contributed by atoms with Gasteiger partial charge in [0.2, 0.25) is 11.8 Å². The molecule has 0 unspecified atom stereocenters. The Morgan fingerprint density at radius 3 is 2.02 bits per heavy atom. The molecule has 1 atom stereocenters. The van der Waals surface area contributed by atoms with Crippen LogP contribution in [0.4, 0.5) is 5.69 Å². The summed E-state index contributed by atoms with van der Waals surface area (Å²) >= 11 is 12.6. The van der Waals surface area contributed by atoms with Crippen LogP contribution in [0, 0.1) is 6.92 Å². The minimum absolute atomic E-state index is 0.0125. The number of carbonyl (C=O) groups excluding carboxylic acids is 2. The number of hydrogen-bond donors (Lipinski definition) is 1. The number of para-hydroxylation sites is 1. The largest absolute Gasteiger partial charge is 0.352 e. The lowest BCUT2D eigenvalue weighted by Crippen LogP contribution is -2.54. The highest BCUT2D eigenvalue weighted by atomic mass is 35.5. The van der Waals surface area contributed by atoms with Crippen LogP contribution in [0.15, 0.2) is 108 Å². The second-order valence-electron chi connectivity index (χ2n) is 10.8. The third-order valence-corrected chi connectivity index (χ3v) is 9.32. The average Bonchev–Trinajstić information content (AvgIpc) is 2.99. The molecule has 2 amide bonds. The molecule has 0 heterocycles. The van der Waals surface area contributed by atoms with E-state index in [1.165, 1.54) is 17.0 Å². The lowest BCUT2D eigenvalue weighted by atomic mass is 10.0. The van der Waals surface area contributed by atoms with E-state index in [4.69, 9.17) is 23.2 Å². The van der Waals surface area contributed by atoms with Crippen molar-refractivity contribution >= 4 is 50.7 Å². The minimum atomic E-state index is -4.24. The molecule has 0 spiro atoms. The molecule has 0 aliphatic rings. The number of anilines is 1. The van der Waals surface area contributed by atoms with Crippen molar-refractivity contribution in [2.45, 2.75) is 50.7 Å². The number of amides is 2. The zero-order valence-corrected chi connectivity index (χ0v) is 27.1. The van der Waals surface area contributed by atoms with Gasteiger partial charge in [0, 0.05) is 24.0 Å². The van der Waals surface area contributed by atoms with Crippen LogP contribution in [-0.2, 0) is 32.6 Å². The Labute approximate surface area is 269 Å². The Hall–Kier alpha value is -3.85. The summed E-state index contributed by atoms with van der Waals surface area (Å²) in [5.74, 6) is -0.924. The Balaban J connectivity index is 1.81. The van der Waals surface area contributed by atoms with Gasteiger partial charge in [0.25, 0.3) is 10.0 Å². The summed E-state index contributed by atoms with van der Waals surface area (Å²) < 4.78 is 29.2. The number of carbonyl (C=O) groups is 2. The molecule has 10 heteroatoms. The maximum absolute atomic E-state index is 14.4. The van der Waals surface area contributed by atoms with Crippen molar-refractivity contribution in [3.8, 4) is 0 Å². The highest BCUT2D eigenvalue weighted by Gasteiger charge is 2.35. The third kappa shape index (κ3) is 8.40. The van der Waals surface area contributed by atoms with E-state index in [1.54, 1.807) is 60.7 Å². The second kappa shape index (κ2) is 14.8. The predicted molar refractivity (Wildman–Crippen MR) is 176 cm³/mol. The summed E-state index contributed by atoms with van der Waals surface area (Å²) in [4.78, 5) is 29.6. The van der Waals surface area contributed by atoms with Crippen molar-refractivity contribution in [3.05, 3.63) is 130 Å². The van der Waals surface area contributed by atoms with Gasteiger partial charge < -0.3 is 10.2 Å². The molecule has 0 saturated heterocycles. The quantitative estimate of drug-likeness (QED) is 0.186. The maximum atomic E-state index is 14.4. The summed E-state index contributed by atoms with van der Waals surface area (Å²) in [6, 6.07) is 28.1. The SMILES string of the molecule is Cc1ccc(S(=O)(=O)N(CC(=O)N(Cc2ccc(Cl)cc2)[C@H](Cc2ccccc2)C(=O)NC(C)C)c2ccccc2Cl)cc1. The molecule has 0 aliphatic heterocycles. The van der Waals surface area contributed by atoms with Crippen LogP contribution in [-0.4, -0.2) is 43.8 Å². The number of nitrogens with one attached hydrogen (secondary N) is 1. The fraction of sp³-hybridized carbons (Fsp3) is 0.235. The Morgan fingerprint density at radius 1 is 0.795 bits per heavy atom. The van der Waals surface area contributed by atoms with Gasteiger partial charge in [-0.15, -0.1) is 0 Å². The summed E-state index contributed by atoms with van der Waals surface area (Å²) in [6.45, 7) is 5.00. The molecule has 44 heavy (non-hydrogen) atoms. The van der Waals surface area contributed by atoms with Crippen molar-refractivity contribution < 1.29 is 18.0 Å². The molecule has 0 aliphatic carbocycles. The third-order valence-electron chi connectivity index (χ3n) is 6.98. The number of sulfonamides is 1. The van der Waals surface area contributed by atoms with Crippen molar-refractivity contribution in [2.75, 3.05) is 10.8 Å². The van der Waals surface area contributed by atoms with Gasteiger partial charge in [0.05, 0.1) is 15.6 Å². The molecule has 0 bridgehead atoms. The number of rotatable bonds is 12. The molecule has 230 valence electrons. The topological polar surface area (TPSA) is 86.8 Å². The average molecular weight is 653 g/mol. The molecule has 1 N–H and O–H groups in total. The standard InChI is InChI=1S/C34H35Cl2N3O4S/c1-24(2)37-34(41)32(21-26-9-5-4-6-10-26)38(22-27-15-17-28(35)18-16-27)33(40)23-39(31-12-8-7-11-30(31)36)44(42,43)29-19-13-25(3)14-20-29/h4-20,24,32H,21-23H2,1-3H3,(H,37,41)/t32-/m1/s1. The number of halogens is 2. The molecule has 4 rings (SSSR count). The molecular weight excluding hydrogens is 617 g/mol. The van der Waals surface area contributed by atoms with Crippen LogP contribution in [0.5, 0.6) is 0 Å². The van der Waals surface area contributed by atoms with E-state index < -0.39 is 28.5 Å². The molecule has 0 radical (unpaired) electrons. The van der Waals surface area contributed by atoms with Gasteiger partial charge in [-0.25, -0.2) is 8.42 Å². The first-order valence-electron chi connectivity index (χ1n) is 14.2. The second-order valence-corrected chi connectivity index (χ2v) is 13.5. The molecule has 4 aromatic carbocycles. The van der Waals surface area contributed by atoms with E-state index in [0.29, 0.717) is 5.02 Å². The Morgan fingerprint density at radius 2 is 1.41 bits per heavy atom. The fourth-order valence-electron chi connectivity index (χ4n) is 4.73. The summed E-state index contributed by atoms with van der Waals surface area (Å²) in [6.07, 6.45) is 0.218. The van der Waals surface area contributed by atoms with Crippen LogP contribution < -0.4 is 9.62 Å². The van der Waals surface area contributed by atoms with Crippen molar-refractivity contribution in [1.82, 2.24) is 10.2 Å². The van der Waals surface area contributed by atoms with Gasteiger partial charge in [-0.2, -0.15) is 0 Å². The van der Waals surface area contributed by atoms with Crippen LogP contribution in [0.2, 0.25) is 10.0 Å². The van der Waals surface area contributed by atoms with Gasteiger partial charge in [-0.1, -0.05) is 95.5 Å². The van der Waals surface area contributed by atoms with Gasteiger partial charge in [-0.05, 0) is 68.3 Å². The summed E-state index contributed by atoms with van der Waals surface area (Å²) in [5.41, 5.74) is 2.61. The van der Waals surface area contributed by atoms with Crippen molar-refractivity contribution in [3.63, 3.8) is 0 Å². The smallest absolute Gasteiger partial charge is 0.264 e. The first-order valence-corrected chi connectivity index (χ1v) is 16.4. The van der Waals surface area contributed by atoms with E-state index in [2.05, 4.69) is 5.32 Å². The van der Waals surface area contributed by atoms with Crippen molar-refractivity contribution in [2.24, 2.45) is 0 Å². The first-order chi connectivity index (χ1) is 21.0. The Bertz CT molecular complexity index is 1680. The van der Waals surface area contributed by atoms with Gasteiger partial charge in [0.1, 0.15) is 12.6 Å². The fourth-order valence-corrected chi connectivity index (χ4v) is 6.57. The number of hydrogen-bond acceptors (Lipinski definition) is 4. The predicted octanol–water partition coefficient (Wildman–Crippen LogP) is 6.66. The number of aryl methyl sites for hydroxylation is 1. The van der Waals surface area contributed by atoms with Gasteiger partial charge >= 0.3 is 0 Å². The van der Waals surface area contributed by atoms with Crippen LogP contribution in [0.25, 0.3) is 0 Å². The molecule has 4 aromatic rings. The number of benzene rings is 4. The van der Waals surface area contributed by atoms with E-state index in [9.17, 15) is 18.0 Å². The van der Waals surface area contributed by atoms with Gasteiger partial charge in [-0.3, -0.25) is 13.9 Å². The number of nitrogens with zero attached hydrogens (tertiary/aromatic N) is 2. The monoisotopic (exact) mass is 651 g/mol. The van der Waals surface area contributed by atoms with E-state index in [1.807, 2.05) is 51.1 Å². The normalized spacial score (nSPS) is 12.0. The first kappa shape index (κ1) is 33.1. The highest BCUT2D eigenvalue weighted by molar-refractivity contribution is 7.92. The molecule has 7 nitrogen and oxygen atoms in total. The lowest BCUT2D eigenvalue weighted by molar-refractivity contribution is -0.140. The van der Waals surface area contributed by atoms with Crippen LogP contribution in [0.1, 0.15) is 30.5 Å². The van der Waals surface area contributed by atoms with Gasteiger partial charge in [0.15, 0.2) is 0 Å². The van der Waals surface area contributed by atoms with E-state index in [-0.39, 0.29) is 40.5 Å². The van der Waals surface area contributed by atoms with Crippen LogP contribution >= 0.6 is 23.2 Å². The summed E-state index contributed by atoms with van der Waals surface area (Å²) in [7, 11) is -4.24. The zero-order valence-electron chi connectivity index (χ0n) is 24.8. The molecule has 0 fully saturated rings. The zero-order chi connectivity index (χ0) is 31.9. The Kier molecular flexibility index (Phi) is 11.1. The van der Waals surface area contributed by atoms with Crippen LogP contribution in [0.3, 0.4) is 0 Å². The molecule has 0 aromatic heterocycles. The molecule has 0 saturated carbocycles.